The number of hydrogen-bond donors (Lipinski definition) is 2. The Bertz CT molecular complexity index is 169. The minimum Gasteiger partial charge on any atom is -0.481 e. The number of hydrogen-bond acceptors (Lipinski definition) is 3. The van der Waals surface area contributed by atoms with Crippen molar-refractivity contribution in [2.75, 3.05) is 7.05 Å². The molecule has 0 aromatic heterocycles. The number of likely N-dealkylation sites (N-methyl/N-ethyl adjacent to an activating group) is 1. The summed E-state index contributed by atoms with van der Waals surface area (Å²) in [5.74, 6) is -0.753. The zero-order valence-corrected chi connectivity index (χ0v) is 9.46. The molecular weight excluding hydrogens is 182 g/mol. The highest BCUT2D eigenvalue weighted by atomic mass is 16.4. The minimum absolute atomic E-state index is 0.0582. The predicted molar refractivity (Wildman–Crippen MR) is 56.4 cm³/mol. The maximum absolute atomic E-state index is 10.8. The molecular formula is C10H21NO3. The molecule has 84 valence electrons. The highest BCUT2D eigenvalue weighted by Crippen LogP contribution is 2.01. The van der Waals surface area contributed by atoms with E-state index in [1.807, 2.05) is 13.8 Å². The number of carbonyl (C=O) groups excluding carboxylic acids is 1. The van der Waals surface area contributed by atoms with Gasteiger partial charge in [0.2, 0.25) is 0 Å². The van der Waals surface area contributed by atoms with E-state index < -0.39 is 5.97 Å². The Morgan fingerprint density at radius 2 is 1.86 bits per heavy atom. The van der Waals surface area contributed by atoms with Gasteiger partial charge in [-0.1, -0.05) is 13.8 Å². The zero-order valence-electron chi connectivity index (χ0n) is 9.46. The molecule has 0 aromatic carbocycles. The normalized spacial score (nSPS) is 11.1. The Morgan fingerprint density at radius 1 is 1.36 bits per heavy atom. The van der Waals surface area contributed by atoms with Crippen molar-refractivity contribution < 1.29 is 14.7 Å². The van der Waals surface area contributed by atoms with Crippen LogP contribution in [0.3, 0.4) is 0 Å². The van der Waals surface area contributed by atoms with Crippen LogP contribution in [0, 0.1) is 0 Å². The lowest BCUT2D eigenvalue weighted by Gasteiger charge is -2.10. The molecule has 0 heterocycles. The fourth-order valence-corrected chi connectivity index (χ4v) is 1.01. The Labute approximate surface area is 85.7 Å². The van der Waals surface area contributed by atoms with Crippen molar-refractivity contribution in [1.82, 2.24) is 5.32 Å². The van der Waals surface area contributed by atoms with E-state index in [0.29, 0.717) is 12.8 Å². The van der Waals surface area contributed by atoms with Gasteiger partial charge >= 0.3 is 5.97 Å². The number of ketones is 1. The molecule has 0 spiro atoms. The van der Waals surface area contributed by atoms with Crippen molar-refractivity contribution in [3.8, 4) is 0 Å². The third kappa shape index (κ3) is 9.19. The van der Waals surface area contributed by atoms with Gasteiger partial charge in [-0.25, -0.2) is 0 Å². The van der Waals surface area contributed by atoms with E-state index in [-0.39, 0.29) is 18.2 Å². The molecule has 1 unspecified atom stereocenters. The van der Waals surface area contributed by atoms with Crippen LogP contribution in [0.4, 0.5) is 0 Å². The Kier molecular flexibility index (Phi) is 11.3. The lowest BCUT2D eigenvalue weighted by molar-refractivity contribution is -0.137. The summed E-state index contributed by atoms with van der Waals surface area (Å²) in [6.07, 6.45) is 1.27. The van der Waals surface area contributed by atoms with Crippen LogP contribution in [0.2, 0.25) is 0 Å². The van der Waals surface area contributed by atoms with Crippen LogP contribution in [0.25, 0.3) is 0 Å². The average molecular weight is 203 g/mol. The van der Waals surface area contributed by atoms with Crippen molar-refractivity contribution in [2.24, 2.45) is 0 Å². The van der Waals surface area contributed by atoms with E-state index >= 15 is 0 Å². The fraction of sp³-hybridized carbons (Fsp3) is 0.800. The van der Waals surface area contributed by atoms with E-state index in [2.05, 4.69) is 5.32 Å². The maximum Gasteiger partial charge on any atom is 0.303 e. The summed E-state index contributed by atoms with van der Waals surface area (Å²) >= 11 is 0. The first kappa shape index (κ1) is 15.6. The standard InChI is InChI=1S/C8H15NO3.C2H6/c1-6(10)7(9-2)4-3-5-8(11)12;1-2/h7,9H,3-5H2,1-2H3,(H,11,12);1-2H3. The van der Waals surface area contributed by atoms with Crippen LogP contribution < -0.4 is 5.32 Å². The first-order valence-electron chi connectivity index (χ1n) is 4.97. The van der Waals surface area contributed by atoms with E-state index in [1.54, 1.807) is 7.05 Å². The van der Waals surface area contributed by atoms with Gasteiger partial charge in [0.15, 0.2) is 0 Å². The van der Waals surface area contributed by atoms with E-state index in [4.69, 9.17) is 5.11 Å². The minimum atomic E-state index is -0.812. The second-order valence-corrected chi connectivity index (χ2v) is 2.74. The highest BCUT2D eigenvalue weighted by molar-refractivity contribution is 5.81. The molecule has 0 fully saturated rings. The molecule has 0 rings (SSSR count). The molecule has 0 aliphatic carbocycles. The van der Waals surface area contributed by atoms with E-state index in [0.717, 1.165) is 0 Å². The second kappa shape index (κ2) is 10.2. The van der Waals surface area contributed by atoms with Gasteiger partial charge in [0.1, 0.15) is 5.78 Å². The summed E-state index contributed by atoms with van der Waals surface area (Å²) in [6, 6.07) is -0.190. The topological polar surface area (TPSA) is 66.4 Å². The molecule has 1 atom stereocenters. The average Bonchev–Trinajstić information content (AvgIpc) is 2.14. The molecule has 2 N–H and O–H groups in total. The van der Waals surface area contributed by atoms with Gasteiger partial charge in [-0.2, -0.15) is 0 Å². The lowest BCUT2D eigenvalue weighted by atomic mass is 10.1. The van der Waals surface area contributed by atoms with Gasteiger partial charge in [0, 0.05) is 6.42 Å². The summed E-state index contributed by atoms with van der Waals surface area (Å²) in [7, 11) is 1.70. The quantitative estimate of drug-likeness (QED) is 0.685. The fourth-order valence-electron chi connectivity index (χ4n) is 1.01. The van der Waals surface area contributed by atoms with Crippen molar-refractivity contribution in [2.45, 2.75) is 46.1 Å². The smallest absolute Gasteiger partial charge is 0.303 e. The number of nitrogens with one attached hydrogen (secondary N) is 1. The van der Waals surface area contributed by atoms with E-state index in [1.165, 1.54) is 6.92 Å². The van der Waals surface area contributed by atoms with Crippen molar-refractivity contribution in [3.63, 3.8) is 0 Å². The van der Waals surface area contributed by atoms with E-state index in [9.17, 15) is 9.59 Å². The summed E-state index contributed by atoms with van der Waals surface area (Å²) in [4.78, 5) is 21.0. The molecule has 0 bridgehead atoms. The molecule has 0 saturated heterocycles. The summed E-state index contributed by atoms with van der Waals surface area (Å²) < 4.78 is 0. The van der Waals surface area contributed by atoms with Crippen molar-refractivity contribution in [3.05, 3.63) is 0 Å². The Hall–Kier alpha value is -0.900. The third-order valence-electron chi connectivity index (χ3n) is 1.72. The van der Waals surface area contributed by atoms with Gasteiger partial charge in [0.05, 0.1) is 6.04 Å². The first-order valence-corrected chi connectivity index (χ1v) is 4.97. The van der Waals surface area contributed by atoms with Gasteiger partial charge in [-0.3, -0.25) is 9.59 Å². The number of carbonyl (C=O) groups is 2. The van der Waals surface area contributed by atoms with Gasteiger partial charge in [-0.05, 0) is 26.8 Å². The number of aliphatic carboxylic acids is 1. The monoisotopic (exact) mass is 203 g/mol. The largest absolute Gasteiger partial charge is 0.481 e. The molecule has 0 amide bonds. The Balaban J connectivity index is 0. The maximum atomic E-state index is 10.8. The lowest BCUT2D eigenvalue weighted by Crippen LogP contribution is -2.32. The first-order chi connectivity index (χ1) is 6.57. The summed E-state index contributed by atoms with van der Waals surface area (Å²) in [5, 5.41) is 11.2. The van der Waals surface area contributed by atoms with Crippen LogP contribution in [0.15, 0.2) is 0 Å². The molecule has 0 radical (unpaired) electrons. The SMILES string of the molecule is CC.CNC(CCCC(=O)O)C(C)=O. The number of rotatable bonds is 6. The highest BCUT2D eigenvalue weighted by Gasteiger charge is 2.11. The Morgan fingerprint density at radius 3 is 2.14 bits per heavy atom. The number of Topliss-reactive ketones (excluding diaryl/α,β-unsaturated/α-hetero) is 1. The van der Waals surface area contributed by atoms with Crippen molar-refractivity contribution >= 4 is 11.8 Å². The van der Waals surface area contributed by atoms with Crippen LogP contribution in [-0.4, -0.2) is 29.9 Å². The zero-order chi connectivity index (χ0) is 11.6. The van der Waals surface area contributed by atoms with Crippen LogP contribution >= 0.6 is 0 Å². The molecule has 0 saturated carbocycles. The second-order valence-electron chi connectivity index (χ2n) is 2.74. The molecule has 4 nitrogen and oxygen atoms in total. The predicted octanol–water partition coefficient (Wildman–Crippen LogP) is 1.44. The van der Waals surface area contributed by atoms with Crippen LogP contribution in [0.1, 0.15) is 40.0 Å². The molecule has 4 heteroatoms. The number of carboxylic acid groups (broad SMARTS) is 1. The summed E-state index contributed by atoms with van der Waals surface area (Å²) in [6.45, 7) is 5.50. The van der Waals surface area contributed by atoms with Crippen LogP contribution in [-0.2, 0) is 9.59 Å². The van der Waals surface area contributed by atoms with Crippen LogP contribution in [0.5, 0.6) is 0 Å². The van der Waals surface area contributed by atoms with Gasteiger partial charge in [0.25, 0.3) is 0 Å². The molecule has 0 aliphatic rings. The van der Waals surface area contributed by atoms with Gasteiger partial charge in [-0.15, -0.1) is 0 Å². The van der Waals surface area contributed by atoms with Gasteiger partial charge < -0.3 is 10.4 Å². The third-order valence-corrected chi connectivity index (χ3v) is 1.72. The van der Waals surface area contributed by atoms with Crippen molar-refractivity contribution in [1.29, 1.82) is 0 Å². The molecule has 0 aliphatic heterocycles. The molecule has 14 heavy (non-hydrogen) atoms. The molecule has 0 aromatic rings. The number of carboxylic acids is 1. The summed E-state index contributed by atoms with van der Waals surface area (Å²) in [5.41, 5.74) is 0.